The van der Waals surface area contributed by atoms with Gasteiger partial charge in [-0.25, -0.2) is 4.39 Å². The third-order valence-corrected chi connectivity index (χ3v) is 2.53. The van der Waals surface area contributed by atoms with Crippen LogP contribution in [0.4, 0.5) is 10.1 Å². The predicted molar refractivity (Wildman–Crippen MR) is 65.7 cm³/mol. The Morgan fingerprint density at radius 1 is 1.59 bits per heavy atom. The summed E-state index contributed by atoms with van der Waals surface area (Å²) in [4.78, 5) is 11.3. The highest BCUT2D eigenvalue weighted by atomic mass is 35.5. The topological polar surface area (TPSA) is 38.3 Å². The molecule has 5 heteroatoms. The fourth-order valence-corrected chi connectivity index (χ4v) is 1.45. The van der Waals surface area contributed by atoms with Crippen LogP contribution in [0.5, 0.6) is 0 Å². The smallest absolute Gasteiger partial charge is 0.310 e. The first-order valence-corrected chi connectivity index (χ1v) is 5.78. The van der Waals surface area contributed by atoms with Crippen molar-refractivity contribution in [1.82, 2.24) is 0 Å². The molecule has 1 N–H and O–H groups in total. The van der Waals surface area contributed by atoms with Crippen LogP contribution in [0.25, 0.3) is 0 Å². The molecule has 1 rings (SSSR count). The highest BCUT2D eigenvalue weighted by Crippen LogP contribution is 2.22. The highest BCUT2D eigenvalue weighted by molar-refractivity contribution is 6.31. The molecule has 0 aliphatic rings. The Balaban J connectivity index is 2.56. The van der Waals surface area contributed by atoms with Gasteiger partial charge >= 0.3 is 5.97 Å². The Kier molecular flexibility index (Phi) is 5.22. The van der Waals surface area contributed by atoms with Crippen molar-refractivity contribution in [2.24, 2.45) is 5.92 Å². The molecular formula is C12H15ClFNO2. The molecule has 0 radical (unpaired) electrons. The Labute approximate surface area is 105 Å². The van der Waals surface area contributed by atoms with Crippen molar-refractivity contribution in [1.29, 1.82) is 0 Å². The van der Waals surface area contributed by atoms with E-state index < -0.39 is 5.82 Å². The summed E-state index contributed by atoms with van der Waals surface area (Å²) in [7, 11) is 0. The van der Waals surface area contributed by atoms with Crippen LogP contribution >= 0.6 is 11.6 Å². The Hall–Kier alpha value is -1.29. The first-order valence-electron chi connectivity index (χ1n) is 5.40. The van der Waals surface area contributed by atoms with Crippen LogP contribution in [-0.2, 0) is 9.53 Å². The second kappa shape index (κ2) is 6.45. The molecule has 1 unspecified atom stereocenters. The van der Waals surface area contributed by atoms with Crippen molar-refractivity contribution in [3.63, 3.8) is 0 Å². The minimum atomic E-state index is -0.509. The molecule has 0 amide bonds. The Morgan fingerprint density at radius 2 is 2.29 bits per heavy atom. The van der Waals surface area contributed by atoms with Gasteiger partial charge in [-0.05, 0) is 19.1 Å². The number of halogens is 2. The highest BCUT2D eigenvalue weighted by Gasteiger charge is 2.14. The molecule has 3 nitrogen and oxygen atoms in total. The quantitative estimate of drug-likeness (QED) is 0.826. The number of hydrogen-bond donors (Lipinski definition) is 1. The molecule has 0 saturated carbocycles. The molecule has 1 aromatic rings. The molecule has 0 spiro atoms. The molecule has 0 aromatic heterocycles. The zero-order valence-corrected chi connectivity index (χ0v) is 10.6. The van der Waals surface area contributed by atoms with Crippen LogP contribution in [0.15, 0.2) is 18.2 Å². The van der Waals surface area contributed by atoms with Crippen molar-refractivity contribution in [2.75, 3.05) is 18.5 Å². The van der Waals surface area contributed by atoms with E-state index in [0.717, 1.165) is 0 Å². The Morgan fingerprint density at radius 3 is 2.94 bits per heavy atom. The van der Waals surface area contributed by atoms with Gasteiger partial charge < -0.3 is 10.1 Å². The molecule has 0 saturated heterocycles. The van der Waals surface area contributed by atoms with Crippen molar-refractivity contribution in [3.8, 4) is 0 Å². The molecule has 0 bridgehead atoms. The van der Waals surface area contributed by atoms with Crippen molar-refractivity contribution in [3.05, 3.63) is 29.0 Å². The van der Waals surface area contributed by atoms with Crippen LogP contribution in [0.2, 0.25) is 5.02 Å². The van der Waals surface area contributed by atoms with Crippen LogP contribution in [0, 0.1) is 11.7 Å². The number of esters is 1. The first-order chi connectivity index (χ1) is 8.06. The van der Waals surface area contributed by atoms with Gasteiger partial charge in [0.05, 0.1) is 23.2 Å². The molecule has 0 aliphatic heterocycles. The van der Waals surface area contributed by atoms with Crippen molar-refractivity contribution in [2.45, 2.75) is 13.8 Å². The van der Waals surface area contributed by atoms with Gasteiger partial charge in [0.1, 0.15) is 0 Å². The zero-order chi connectivity index (χ0) is 12.8. The van der Waals surface area contributed by atoms with Gasteiger partial charge in [0.15, 0.2) is 5.82 Å². The lowest BCUT2D eigenvalue weighted by Crippen LogP contribution is -2.22. The van der Waals surface area contributed by atoms with E-state index in [2.05, 4.69) is 5.32 Å². The van der Waals surface area contributed by atoms with E-state index in [0.29, 0.717) is 13.2 Å². The molecule has 1 aromatic carbocycles. The lowest BCUT2D eigenvalue weighted by atomic mass is 10.2. The second-order valence-electron chi connectivity index (χ2n) is 3.64. The standard InChI is InChI=1S/C12H15ClFNO2/c1-3-17-12(16)8(2)7-15-10-6-4-5-9(13)11(10)14/h4-6,8,15H,3,7H2,1-2H3. The van der Waals surface area contributed by atoms with Gasteiger partial charge in [-0.3, -0.25) is 4.79 Å². The van der Waals surface area contributed by atoms with E-state index in [1.807, 2.05) is 0 Å². The fraction of sp³-hybridized carbons (Fsp3) is 0.417. The second-order valence-corrected chi connectivity index (χ2v) is 4.04. The van der Waals surface area contributed by atoms with E-state index in [1.54, 1.807) is 26.0 Å². The third kappa shape index (κ3) is 3.89. The third-order valence-electron chi connectivity index (χ3n) is 2.24. The number of carbonyl (C=O) groups is 1. The largest absolute Gasteiger partial charge is 0.466 e. The van der Waals surface area contributed by atoms with E-state index in [1.165, 1.54) is 6.07 Å². The average molecular weight is 260 g/mol. The zero-order valence-electron chi connectivity index (χ0n) is 9.80. The summed E-state index contributed by atoms with van der Waals surface area (Å²) in [6.07, 6.45) is 0. The minimum Gasteiger partial charge on any atom is -0.466 e. The van der Waals surface area contributed by atoms with Crippen LogP contribution in [0.1, 0.15) is 13.8 Å². The maximum atomic E-state index is 13.5. The van der Waals surface area contributed by atoms with Gasteiger partial charge in [0.25, 0.3) is 0 Å². The summed E-state index contributed by atoms with van der Waals surface area (Å²) < 4.78 is 18.3. The lowest BCUT2D eigenvalue weighted by molar-refractivity contribution is -0.146. The summed E-state index contributed by atoms with van der Waals surface area (Å²) in [5.74, 6) is -1.15. The summed E-state index contributed by atoms with van der Waals surface area (Å²) in [5, 5.41) is 2.89. The SMILES string of the molecule is CCOC(=O)C(C)CNc1cccc(Cl)c1F. The molecule has 1 atom stereocenters. The van der Waals surface area contributed by atoms with Crippen molar-refractivity contribution < 1.29 is 13.9 Å². The van der Waals surface area contributed by atoms with Gasteiger partial charge in [-0.15, -0.1) is 0 Å². The summed E-state index contributed by atoms with van der Waals surface area (Å²) >= 11 is 5.63. The maximum Gasteiger partial charge on any atom is 0.310 e. The number of benzene rings is 1. The molecule has 0 heterocycles. The van der Waals surface area contributed by atoms with Crippen molar-refractivity contribution >= 4 is 23.3 Å². The molecular weight excluding hydrogens is 245 g/mol. The monoisotopic (exact) mass is 259 g/mol. The number of hydrogen-bond acceptors (Lipinski definition) is 3. The maximum absolute atomic E-state index is 13.5. The predicted octanol–water partition coefficient (Wildman–Crippen LogP) is 3.09. The summed E-state index contributed by atoms with van der Waals surface area (Å²) in [6, 6.07) is 4.68. The van der Waals surface area contributed by atoms with Crippen LogP contribution in [-0.4, -0.2) is 19.1 Å². The fourth-order valence-electron chi connectivity index (χ4n) is 1.27. The van der Waals surface area contributed by atoms with Crippen LogP contribution in [0.3, 0.4) is 0 Å². The van der Waals surface area contributed by atoms with Crippen LogP contribution < -0.4 is 5.32 Å². The number of carbonyl (C=O) groups excluding carboxylic acids is 1. The average Bonchev–Trinajstić information content (AvgIpc) is 2.31. The molecule has 0 aliphatic carbocycles. The first kappa shape index (κ1) is 13.8. The van der Waals surface area contributed by atoms with E-state index in [9.17, 15) is 9.18 Å². The van der Waals surface area contributed by atoms with Gasteiger partial charge in [-0.1, -0.05) is 24.6 Å². The number of ether oxygens (including phenoxy) is 1. The number of nitrogens with one attached hydrogen (secondary N) is 1. The van der Waals surface area contributed by atoms with E-state index in [-0.39, 0.29) is 22.6 Å². The molecule has 94 valence electrons. The normalized spacial score (nSPS) is 12.0. The van der Waals surface area contributed by atoms with Gasteiger partial charge in [0, 0.05) is 6.54 Å². The Bertz CT molecular complexity index is 398. The van der Waals surface area contributed by atoms with Gasteiger partial charge in [-0.2, -0.15) is 0 Å². The lowest BCUT2D eigenvalue weighted by Gasteiger charge is -2.13. The number of rotatable bonds is 5. The summed E-state index contributed by atoms with van der Waals surface area (Å²) in [6.45, 7) is 4.10. The van der Waals surface area contributed by atoms with E-state index in [4.69, 9.17) is 16.3 Å². The summed E-state index contributed by atoms with van der Waals surface area (Å²) in [5.41, 5.74) is 0.286. The number of anilines is 1. The minimum absolute atomic E-state index is 0.0544. The van der Waals surface area contributed by atoms with Gasteiger partial charge in [0.2, 0.25) is 0 Å². The van der Waals surface area contributed by atoms with E-state index >= 15 is 0 Å². The molecule has 0 fully saturated rings. The molecule has 17 heavy (non-hydrogen) atoms.